The topological polar surface area (TPSA) is 62.6 Å². The molecule has 3 aliphatic rings. The molecule has 1 aromatic heterocycles. The van der Waals surface area contributed by atoms with Crippen LogP contribution >= 0.6 is 0 Å². The summed E-state index contributed by atoms with van der Waals surface area (Å²) in [5.41, 5.74) is 2.25. The highest BCUT2D eigenvalue weighted by molar-refractivity contribution is 5.80. The van der Waals surface area contributed by atoms with E-state index in [2.05, 4.69) is 43.9 Å². The molecule has 0 bridgehead atoms. The number of anilines is 1. The van der Waals surface area contributed by atoms with Crippen LogP contribution in [0, 0.1) is 5.92 Å². The van der Waals surface area contributed by atoms with Crippen LogP contribution in [0.3, 0.4) is 0 Å². The van der Waals surface area contributed by atoms with E-state index in [1.54, 1.807) is 0 Å². The lowest BCUT2D eigenvalue weighted by Crippen LogP contribution is -2.42. The summed E-state index contributed by atoms with van der Waals surface area (Å²) in [5, 5.41) is 3.17. The van der Waals surface area contributed by atoms with E-state index >= 15 is 0 Å². The number of piperidine rings is 1. The number of fused-ring (bicyclic) bond motifs is 1. The van der Waals surface area contributed by atoms with Gasteiger partial charge in [0.25, 0.3) is 0 Å². The SMILES string of the molecule is O=C(NC1CC1)C1CCN(c2nc3ccccc3n2CCN2CCOCC2)CC1. The minimum Gasteiger partial charge on any atom is -0.379 e. The second-order valence-electron chi connectivity index (χ2n) is 8.55. The summed E-state index contributed by atoms with van der Waals surface area (Å²) >= 11 is 0. The summed E-state index contributed by atoms with van der Waals surface area (Å²) in [5.74, 6) is 1.46. The highest BCUT2D eigenvalue weighted by Crippen LogP contribution is 2.28. The minimum absolute atomic E-state index is 0.151. The number of benzene rings is 1. The Morgan fingerprint density at radius 1 is 1.03 bits per heavy atom. The molecule has 3 heterocycles. The van der Waals surface area contributed by atoms with Gasteiger partial charge in [0.05, 0.1) is 24.2 Å². The van der Waals surface area contributed by atoms with Crippen LogP contribution in [0.25, 0.3) is 11.0 Å². The minimum atomic E-state index is 0.151. The van der Waals surface area contributed by atoms with Crippen LogP contribution in [-0.4, -0.2) is 72.3 Å². The zero-order valence-electron chi connectivity index (χ0n) is 17.1. The monoisotopic (exact) mass is 397 g/mol. The zero-order chi connectivity index (χ0) is 19.6. The number of hydrogen-bond acceptors (Lipinski definition) is 5. The van der Waals surface area contributed by atoms with Crippen LogP contribution in [0.15, 0.2) is 24.3 Å². The van der Waals surface area contributed by atoms with Crippen LogP contribution in [0.2, 0.25) is 0 Å². The first-order chi connectivity index (χ1) is 14.3. The Hall–Kier alpha value is -2.12. The van der Waals surface area contributed by atoms with Crippen molar-refractivity contribution in [1.29, 1.82) is 0 Å². The van der Waals surface area contributed by atoms with Crippen molar-refractivity contribution in [2.75, 3.05) is 50.8 Å². The molecule has 1 amide bonds. The quantitative estimate of drug-likeness (QED) is 0.806. The Morgan fingerprint density at radius 3 is 2.55 bits per heavy atom. The number of rotatable bonds is 6. The van der Waals surface area contributed by atoms with E-state index in [0.717, 1.165) is 89.6 Å². The van der Waals surface area contributed by atoms with Crippen molar-refractivity contribution in [3.05, 3.63) is 24.3 Å². The Labute approximate surface area is 172 Å². The number of morpholine rings is 1. The number of nitrogens with one attached hydrogen (secondary N) is 1. The molecule has 0 radical (unpaired) electrons. The maximum Gasteiger partial charge on any atom is 0.223 e. The normalized spacial score (nSPS) is 21.6. The lowest BCUT2D eigenvalue weighted by molar-refractivity contribution is -0.125. The van der Waals surface area contributed by atoms with Crippen molar-refractivity contribution in [1.82, 2.24) is 19.8 Å². The molecule has 0 atom stereocenters. The smallest absolute Gasteiger partial charge is 0.223 e. The van der Waals surface area contributed by atoms with Crippen molar-refractivity contribution < 1.29 is 9.53 Å². The van der Waals surface area contributed by atoms with Crippen LogP contribution in [0.1, 0.15) is 25.7 Å². The number of carbonyl (C=O) groups is 1. The van der Waals surface area contributed by atoms with E-state index in [-0.39, 0.29) is 11.8 Å². The predicted octanol–water partition coefficient (Wildman–Crippen LogP) is 1.86. The van der Waals surface area contributed by atoms with E-state index in [4.69, 9.17) is 9.72 Å². The molecule has 3 fully saturated rings. The van der Waals surface area contributed by atoms with Gasteiger partial charge in [0.15, 0.2) is 0 Å². The Balaban J connectivity index is 1.29. The van der Waals surface area contributed by atoms with Gasteiger partial charge >= 0.3 is 0 Å². The summed E-state index contributed by atoms with van der Waals surface area (Å²) in [6.45, 7) is 7.39. The van der Waals surface area contributed by atoms with Crippen LogP contribution < -0.4 is 10.2 Å². The third-order valence-electron chi connectivity index (χ3n) is 6.45. The van der Waals surface area contributed by atoms with Crippen LogP contribution in [0.5, 0.6) is 0 Å². The molecule has 7 nitrogen and oxygen atoms in total. The molecule has 1 aromatic carbocycles. The lowest BCUT2D eigenvalue weighted by Gasteiger charge is -2.33. The van der Waals surface area contributed by atoms with Crippen molar-refractivity contribution in [3.63, 3.8) is 0 Å². The Kier molecular flexibility index (Phi) is 5.42. The standard InChI is InChI=1S/C22H31N5O2/c28-21(23-18-5-6-18)17-7-9-26(10-8-17)22-24-19-3-1-2-4-20(19)27(22)12-11-25-13-15-29-16-14-25/h1-4,17-18H,5-16H2,(H,23,28). The molecule has 5 rings (SSSR count). The number of imidazole rings is 1. The Morgan fingerprint density at radius 2 is 1.79 bits per heavy atom. The van der Waals surface area contributed by atoms with Crippen molar-refractivity contribution >= 4 is 22.9 Å². The fourth-order valence-corrected chi connectivity index (χ4v) is 4.48. The van der Waals surface area contributed by atoms with Gasteiger partial charge in [-0.15, -0.1) is 0 Å². The summed E-state index contributed by atoms with van der Waals surface area (Å²) < 4.78 is 7.85. The van der Waals surface area contributed by atoms with Gasteiger partial charge in [-0.3, -0.25) is 9.69 Å². The number of ether oxygens (including phenoxy) is 1. The van der Waals surface area contributed by atoms with Gasteiger partial charge in [-0.2, -0.15) is 0 Å². The summed E-state index contributed by atoms with van der Waals surface area (Å²) in [7, 11) is 0. The van der Waals surface area contributed by atoms with E-state index in [1.807, 2.05) is 0 Å². The van der Waals surface area contributed by atoms with Crippen molar-refractivity contribution in [2.24, 2.45) is 5.92 Å². The van der Waals surface area contributed by atoms with Crippen LogP contribution in [0.4, 0.5) is 5.95 Å². The summed E-state index contributed by atoms with van der Waals surface area (Å²) in [4.78, 5) is 22.2. The number of hydrogen-bond donors (Lipinski definition) is 1. The van der Waals surface area contributed by atoms with Gasteiger partial charge in [-0.1, -0.05) is 12.1 Å². The van der Waals surface area contributed by atoms with E-state index in [1.165, 1.54) is 5.52 Å². The van der Waals surface area contributed by atoms with Gasteiger partial charge in [0, 0.05) is 51.2 Å². The van der Waals surface area contributed by atoms with Crippen molar-refractivity contribution in [2.45, 2.75) is 38.3 Å². The number of carbonyl (C=O) groups excluding carboxylic acids is 1. The van der Waals surface area contributed by atoms with E-state index in [0.29, 0.717) is 6.04 Å². The first-order valence-electron chi connectivity index (χ1n) is 11.1. The average Bonchev–Trinajstić information content (AvgIpc) is 3.51. The highest BCUT2D eigenvalue weighted by Gasteiger charge is 2.31. The summed E-state index contributed by atoms with van der Waals surface area (Å²) in [6, 6.07) is 8.86. The average molecular weight is 398 g/mol. The molecule has 1 aliphatic carbocycles. The molecule has 156 valence electrons. The molecule has 0 spiro atoms. The van der Waals surface area contributed by atoms with Gasteiger partial charge in [0.2, 0.25) is 11.9 Å². The first-order valence-corrected chi connectivity index (χ1v) is 11.1. The molecule has 0 unspecified atom stereocenters. The van der Waals surface area contributed by atoms with Crippen molar-refractivity contribution in [3.8, 4) is 0 Å². The Bertz CT molecular complexity index is 848. The molecular weight excluding hydrogens is 366 g/mol. The maximum atomic E-state index is 12.4. The van der Waals surface area contributed by atoms with Gasteiger partial charge in [-0.05, 0) is 37.8 Å². The summed E-state index contributed by atoms with van der Waals surface area (Å²) in [6.07, 6.45) is 4.12. The number of nitrogens with zero attached hydrogens (tertiary/aromatic N) is 4. The van der Waals surface area contributed by atoms with Gasteiger partial charge in [0.1, 0.15) is 0 Å². The highest BCUT2D eigenvalue weighted by atomic mass is 16.5. The zero-order valence-corrected chi connectivity index (χ0v) is 17.1. The molecule has 29 heavy (non-hydrogen) atoms. The molecule has 7 heteroatoms. The maximum absolute atomic E-state index is 12.4. The number of para-hydroxylation sites is 2. The van der Waals surface area contributed by atoms with Gasteiger partial charge < -0.3 is 19.5 Å². The second-order valence-corrected chi connectivity index (χ2v) is 8.55. The van der Waals surface area contributed by atoms with Crippen LogP contribution in [-0.2, 0) is 16.1 Å². The molecule has 1 saturated carbocycles. The second kappa shape index (κ2) is 8.32. The largest absolute Gasteiger partial charge is 0.379 e. The molecule has 1 N–H and O–H groups in total. The predicted molar refractivity (Wildman–Crippen MR) is 113 cm³/mol. The third kappa shape index (κ3) is 4.26. The molecule has 2 aliphatic heterocycles. The third-order valence-corrected chi connectivity index (χ3v) is 6.45. The fraction of sp³-hybridized carbons (Fsp3) is 0.636. The molecular formula is C22H31N5O2. The molecule has 2 saturated heterocycles. The first kappa shape index (κ1) is 18.9. The molecule has 2 aromatic rings. The van der Waals surface area contributed by atoms with E-state index in [9.17, 15) is 4.79 Å². The van der Waals surface area contributed by atoms with Gasteiger partial charge in [-0.25, -0.2) is 4.98 Å². The van der Waals surface area contributed by atoms with E-state index < -0.39 is 0 Å². The lowest BCUT2D eigenvalue weighted by atomic mass is 9.96. The fourth-order valence-electron chi connectivity index (χ4n) is 4.48. The number of aromatic nitrogens is 2. The number of amides is 1.